The molecule has 0 radical (unpaired) electrons. The monoisotopic (exact) mass is 575 g/mol. The lowest BCUT2D eigenvalue weighted by molar-refractivity contribution is -0.122. The number of hydrogen-bond donors (Lipinski definition) is 3. The van der Waals surface area contributed by atoms with Gasteiger partial charge in [0.25, 0.3) is 5.91 Å². The van der Waals surface area contributed by atoms with Gasteiger partial charge in [-0.2, -0.15) is 5.10 Å². The predicted molar refractivity (Wildman–Crippen MR) is 147 cm³/mol. The molecule has 2 aliphatic rings. The van der Waals surface area contributed by atoms with E-state index in [1.54, 1.807) is 18.2 Å². The first-order valence-corrected chi connectivity index (χ1v) is 13.7. The van der Waals surface area contributed by atoms with E-state index in [1.807, 2.05) is 0 Å². The van der Waals surface area contributed by atoms with Crippen LogP contribution in [0.3, 0.4) is 0 Å². The number of benzene rings is 2. The first-order chi connectivity index (χ1) is 20.2. The molecule has 42 heavy (non-hydrogen) atoms. The number of nitrogens with two attached hydrogens (primary N) is 1. The number of rotatable bonds is 3. The Labute approximate surface area is 239 Å². The third-order valence-electron chi connectivity index (χ3n) is 7.85. The average Bonchev–Trinajstić information content (AvgIpc) is 3.31. The predicted octanol–water partition coefficient (Wildman–Crippen LogP) is 4.36. The summed E-state index contributed by atoms with van der Waals surface area (Å²) in [4.78, 5) is 29.9. The highest BCUT2D eigenvalue weighted by Crippen LogP contribution is 2.37. The van der Waals surface area contributed by atoms with Gasteiger partial charge in [0.1, 0.15) is 30.0 Å². The van der Waals surface area contributed by atoms with Crippen molar-refractivity contribution in [2.45, 2.75) is 57.0 Å². The summed E-state index contributed by atoms with van der Waals surface area (Å²) in [5.74, 6) is -2.73. The standard InChI is InChI=1S/C31H28F3N5O3/c32-19-10-16-9-17(11-19)13-25(29-20(4-2-8-36-29)18-6-7-23(33)22(14-18)31(35)42)37-27(41)15-39-30-21(3-1-5-26(30)40)28(38-39)24(34)12-16/h2,4,6-11,14,24-26,40H,1,3,5,12-13,15H2,(H2,35,42)(H,37,41)/t24?,25-,26?/m0/s1. The van der Waals surface area contributed by atoms with Gasteiger partial charge in [-0.1, -0.05) is 18.2 Å². The lowest BCUT2D eigenvalue weighted by Gasteiger charge is -2.23. The number of nitrogens with one attached hydrogen (secondary N) is 1. The Balaban J connectivity index is 1.47. The average molecular weight is 576 g/mol. The van der Waals surface area contributed by atoms with Crippen LogP contribution >= 0.6 is 0 Å². The third-order valence-corrected chi connectivity index (χ3v) is 7.85. The van der Waals surface area contributed by atoms with E-state index < -0.39 is 41.8 Å². The van der Waals surface area contributed by atoms with Gasteiger partial charge in [-0.3, -0.25) is 19.3 Å². The Hall–Kier alpha value is -4.51. The van der Waals surface area contributed by atoms with E-state index in [9.17, 15) is 23.5 Å². The molecule has 216 valence electrons. The molecule has 0 saturated carbocycles. The van der Waals surface area contributed by atoms with E-state index in [-0.39, 0.29) is 30.6 Å². The molecule has 6 rings (SSSR count). The fraction of sp³-hybridized carbons (Fsp3) is 0.290. The highest BCUT2D eigenvalue weighted by Gasteiger charge is 2.32. The highest BCUT2D eigenvalue weighted by atomic mass is 19.1. The van der Waals surface area contributed by atoms with E-state index in [0.717, 1.165) is 6.07 Å². The summed E-state index contributed by atoms with van der Waals surface area (Å²) < 4.78 is 46.2. The fourth-order valence-corrected chi connectivity index (χ4v) is 6.05. The van der Waals surface area contributed by atoms with Crippen molar-refractivity contribution in [3.8, 4) is 11.1 Å². The summed E-state index contributed by atoms with van der Waals surface area (Å²) in [6.45, 7) is -0.279. The van der Waals surface area contributed by atoms with E-state index in [4.69, 9.17) is 5.73 Å². The third kappa shape index (κ3) is 5.27. The van der Waals surface area contributed by atoms with E-state index in [2.05, 4.69) is 15.4 Å². The minimum atomic E-state index is -1.56. The van der Waals surface area contributed by atoms with E-state index >= 15 is 4.39 Å². The van der Waals surface area contributed by atoms with Gasteiger partial charge >= 0.3 is 0 Å². The number of pyridine rings is 1. The Morgan fingerprint density at radius 2 is 1.86 bits per heavy atom. The largest absolute Gasteiger partial charge is 0.387 e. The first-order valence-electron chi connectivity index (χ1n) is 13.7. The van der Waals surface area contributed by atoms with Gasteiger partial charge in [-0.15, -0.1) is 0 Å². The number of aliphatic hydroxyl groups excluding tert-OH is 1. The van der Waals surface area contributed by atoms with Crippen molar-refractivity contribution < 1.29 is 27.9 Å². The Bertz CT molecular complexity index is 1710. The summed E-state index contributed by atoms with van der Waals surface area (Å²) >= 11 is 0. The summed E-state index contributed by atoms with van der Waals surface area (Å²) in [5, 5.41) is 18.1. The number of halogens is 3. The van der Waals surface area contributed by atoms with Gasteiger partial charge in [0.05, 0.1) is 29.1 Å². The van der Waals surface area contributed by atoms with Crippen LogP contribution in [-0.2, 0) is 30.6 Å². The SMILES string of the molecule is NC(=O)c1cc(-c2cccnc2[C@@H]2Cc3cc(F)cc(c3)CC(F)c3nn(c4c3CCCC4O)CC(=O)N2)ccc1F. The molecule has 0 saturated heterocycles. The normalized spacial score (nSPS) is 20.5. The van der Waals surface area contributed by atoms with E-state index in [0.29, 0.717) is 58.5 Å². The van der Waals surface area contributed by atoms with Crippen molar-refractivity contribution in [3.05, 3.63) is 106 Å². The molecule has 8 nitrogen and oxygen atoms in total. The number of aliphatic hydroxyl groups is 1. The maximum atomic E-state index is 15.7. The molecule has 3 heterocycles. The smallest absolute Gasteiger partial charge is 0.251 e. The molecule has 0 spiro atoms. The zero-order valence-corrected chi connectivity index (χ0v) is 22.5. The van der Waals surface area contributed by atoms with Gasteiger partial charge in [0.2, 0.25) is 5.91 Å². The lowest BCUT2D eigenvalue weighted by Crippen LogP contribution is -2.34. The molecule has 1 aliphatic carbocycles. The highest BCUT2D eigenvalue weighted by molar-refractivity contribution is 5.94. The number of carbonyl (C=O) groups is 2. The summed E-state index contributed by atoms with van der Waals surface area (Å²) in [7, 11) is 0. The van der Waals surface area contributed by atoms with Crippen LogP contribution in [0.2, 0.25) is 0 Å². The second-order valence-corrected chi connectivity index (χ2v) is 10.8. The van der Waals surface area contributed by atoms with Crippen LogP contribution in [0.1, 0.15) is 75.3 Å². The molecule has 1 aliphatic heterocycles. The molecule has 2 aromatic carbocycles. The molecule has 4 N–H and O–H groups in total. The Morgan fingerprint density at radius 3 is 2.64 bits per heavy atom. The minimum absolute atomic E-state index is 0.103. The number of primary amides is 1. The number of aromatic nitrogens is 3. The molecule has 11 heteroatoms. The first kappa shape index (κ1) is 27.6. The summed E-state index contributed by atoms with van der Waals surface area (Å²) in [6.07, 6.45) is 0.697. The second kappa shape index (κ2) is 11.1. The van der Waals surface area contributed by atoms with Crippen LogP contribution in [-0.4, -0.2) is 31.7 Å². The van der Waals surface area contributed by atoms with Gasteiger partial charge in [0.15, 0.2) is 0 Å². The number of fused-ring (bicyclic) bond motifs is 7. The van der Waals surface area contributed by atoms with Crippen molar-refractivity contribution in [3.63, 3.8) is 0 Å². The van der Waals surface area contributed by atoms with E-state index in [1.165, 1.54) is 35.1 Å². The molecule has 2 unspecified atom stereocenters. The molecule has 0 fully saturated rings. The lowest BCUT2D eigenvalue weighted by atomic mass is 9.90. The molecule has 4 bridgehead atoms. The zero-order chi connectivity index (χ0) is 29.5. The van der Waals surface area contributed by atoms with Crippen molar-refractivity contribution in [1.29, 1.82) is 0 Å². The van der Waals surface area contributed by atoms with Crippen LogP contribution in [0.25, 0.3) is 11.1 Å². The van der Waals surface area contributed by atoms with Gasteiger partial charge in [-0.25, -0.2) is 13.2 Å². The van der Waals surface area contributed by atoms with Crippen LogP contribution in [0.5, 0.6) is 0 Å². The quantitative estimate of drug-likeness (QED) is 0.335. The molecular formula is C31H28F3N5O3. The minimum Gasteiger partial charge on any atom is -0.387 e. The van der Waals surface area contributed by atoms with Crippen molar-refractivity contribution >= 4 is 11.8 Å². The molecule has 3 atom stereocenters. The molecule has 2 amide bonds. The van der Waals surface area contributed by atoms with Crippen molar-refractivity contribution in [2.24, 2.45) is 5.73 Å². The van der Waals surface area contributed by atoms with Gasteiger partial charge in [0, 0.05) is 23.7 Å². The topological polar surface area (TPSA) is 123 Å². The van der Waals surface area contributed by atoms with Crippen molar-refractivity contribution in [1.82, 2.24) is 20.1 Å². The van der Waals surface area contributed by atoms with Crippen LogP contribution < -0.4 is 11.1 Å². The fourth-order valence-electron chi connectivity index (χ4n) is 6.05. The van der Waals surface area contributed by atoms with Gasteiger partial charge < -0.3 is 16.2 Å². The number of amides is 2. The summed E-state index contributed by atoms with van der Waals surface area (Å²) in [6, 6.07) is 10.8. The number of hydrogen-bond acceptors (Lipinski definition) is 5. The number of alkyl halides is 1. The Morgan fingerprint density at radius 1 is 1.07 bits per heavy atom. The molecule has 4 aromatic rings. The zero-order valence-electron chi connectivity index (χ0n) is 22.5. The van der Waals surface area contributed by atoms with Gasteiger partial charge in [-0.05, 0) is 72.7 Å². The van der Waals surface area contributed by atoms with Crippen LogP contribution in [0, 0.1) is 11.6 Å². The van der Waals surface area contributed by atoms with Crippen LogP contribution in [0.4, 0.5) is 13.2 Å². The number of carbonyl (C=O) groups excluding carboxylic acids is 2. The second-order valence-electron chi connectivity index (χ2n) is 10.8. The number of nitrogens with zero attached hydrogens (tertiary/aromatic N) is 3. The maximum Gasteiger partial charge on any atom is 0.251 e. The maximum absolute atomic E-state index is 15.7. The van der Waals surface area contributed by atoms with Crippen molar-refractivity contribution in [2.75, 3.05) is 0 Å². The summed E-state index contributed by atoms with van der Waals surface area (Å²) in [5.41, 5.74) is 8.51. The molecule has 2 aromatic heterocycles. The van der Waals surface area contributed by atoms with Crippen LogP contribution in [0.15, 0.2) is 54.7 Å². The molecular weight excluding hydrogens is 547 g/mol. The Kier molecular flexibility index (Phi) is 7.28.